The van der Waals surface area contributed by atoms with Crippen LogP contribution in [0.5, 0.6) is 0 Å². The van der Waals surface area contributed by atoms with Crippen LogP contribution in [0.3, 0.4) is 0 Å². The van der Waals surface area contributed by atoms with E-state index in [1.54, 1.807) is 0 Å². The smallest absolute Gasteiger partial charge is 0.00955 e. The zero-order valence-electron chi connectivity index (χ0n) is 10.5. The van der Waals surface area contributed by atoms with E-state index in [9.17, 15) is 0 Å². The van der Waals surface area contributed by atoms with Crippen LogP contribution in [-0.2, 0) is 0 Å². The fraction of sp³-hybridized carbons (Fsp3) is 1.00. The van der Waals surface area contributed by atoms with Crippen LogP contribution in [0.15, 0.2) is 0 Å². The van der Waals surface area contributed by atoms with E-state index >= 15 is 0 Å². The summed E-state index contributed by atoms with van der Waals surface area (Å²) in [6, 6.07) is 0.968. The number of rotatable bonds is 5. The Labute approximate surface area is 99.8 Å². The largest absolute Gasteiger partial charge is 0.317 e. The first-order chi connectivity index (χ1) is 7.92. The third-order valence-corrected chi connectivity index (χ3v) is 4.73. The van der Waals surface area contributed by atoms with E-state index in [4.69, 9.17) is 0 Å². The van der Waals surface area contributed by atoms with Crippen molar-refractivity contribution >= 4 is 0 Å². The predicted molar refractivity (Wildman–Crippen MR) is 67.5 cm³/mol. The molecular formula is C14H26N2. The molecule has 0 radical (unpaired) electrons. The van der Waals surface area contributed by atoms with E-state index in [2.05, 4.69) is 10.2 Å². The molecule has 2 nitrogen and oxygen atoms in total. The Bertz CT molecular complexity index is 215. The van der Waals surface area contributed by atoms with E-state index in [1.807, 2.05) is 0 Å². The Morgan fingerprint density at radius 1 is 0.812 bits per heavy atom. The lowest BCUT2D eigenvalue weighted by Gasteiger charge is -2.40. The van der Waals surface area contributed by atoms with Crippen molar-refractivity contribution in [3.8, 4) is 0 Å². The van der Waals surface area contributed by atoms with Crippen LogP contribution in [0.1, 0.15) is 44.9 Å². The molecule has 0 atom stereocenters. The zero-order chi connectivity index (χ0) is 10.8. The Morgan fingerprint density at radius 2 is 1.44 bits per heavy atom. The van der Waals surface area contributed by atoms with Gasteiger partial charge in [-0.15, -0.1) is 0 Å². The molecule has 0 aromatic heterocycles. The summed E-state index contributed by atoms with van der Waals surface area (Å²) in [4.78, 5) is 2.86. The molecule has 1 N–H and O–H groups in total. The van der Waals surface area contributed by atoms with Crippen molar-refractivity contribution in [1.82, 2.24) is 10.2 Å². The lowest BCUT2D eigenvalue weighted by molar-refractivity contribution is 0.0941. The minimum Gasteiger partial charge on any atom is -0.317 e. The molecule has 2 heteroatoms. The first-order valence-corrected chi connectivity index (χ1v) is 7.36. The van der Waals surface area contributed by atoms with Gasteiger partial charge in [-0.2, -0.15) is 0 Å². The third-order valence-electron chi connectivity index (χ3n) is 4.73. The molecule has 0 bridgehead atoms. The summed E-state index contributed by atoms with van der Waals surface area (Å²) in [6.45, 7) is 5.34. The molecule has 2 saturated carbocycles. The van der Waals surface area contributed by atoms with Crippen molar-refractivity contribution in [2.24, 2.45) is 11.8 Å². The van der Waals surface area contributed by atoms with Crippen molar-refractivity contribution in [3.05, 3.63) is 0 Å². The maximum Gasteiger partial charge on any atom is 0.00955 e. The Kier molecular flexibility index (Phi) is 3.49. The fourth-order valence-electron chi connectivity index (χ4n) is 3.15. The lowest BCUT2D eigenvalue weighted by atomic mass is 9.89. The molecule has 3 fully saturated rings. The molecule has 16 heavy (non-hydrogen) atoms. The van der Waals surface area contributed by atoms with Gasteiger partial charge in [-0.25, -0.2) is 0 Å². The maximum atomic E-state index is 3.48. The molecule has 1 aliphatic heterocycles. The standard InChI is InChI=1S/C14H26N2/c1-2-14(3-1)16(10-12-4-5-12)11-13-6-8-15-9-7-13/h12-15H,1-11H2. The monoisotopic (exact) mass is 222 g/mol. The molecule has 1 heterocycles. The SMILES string of the molecule is C1CC(N(CC2CCNCC2)CC2CC2)C1. The Balaban J connectivity index is 1.49. The molecule has 2 aliphatic carbocycles. The van der Waals surface area contributed by atoms with E-state index in [1.165, 1.54) is 71.1 Å². The summed E-state index contributed by atoms with van der Waals surface area (Å²) < 4.78 is 0. The van der Waals surface area contributed by atoms with Crippen LogP contribution in [-0.4, -0.2) is 37.1 Å². The number of hydrogen-bond acceptors (Lipinski definition) is 2. The van der Waals surface area contributed by atoms with E-state index < -0.39 is 0 Å². The molecule has 92 valence electrons. The summed E-state index contributed by atoms with van der Waals surface area (Å²) in [5.74, 6) is 2.06. The second kappa shape index (κ2) is 5.05. The maximum absolute atomic E-state index is 3.48. The first kappa shape index (κ1) is 11.0. The van der Waals surface area contributed by atoms with E-state index in [0.29, 0.717) is 0 Å². The molecule has 0 aromatic carbocycles. The van der Waals surface area contributed by atoms with Crippen molar-refractivity contribution in [2.75, 3.05) is 26.2 Å². The van der Waals surface area contributed by atoms with Gasteiger partial charge in [0.1, 0.15) is 0 Å². The van der Waals surface area contributed by atoms with Crippen molar-refractivity contribution in [2.45, 2.75) is 51.0 Å². The minimum absolute atomic E-state index is 0.968. The molecular weight excluding hydrogens is 196 g/mol. The molecule has 3 aliphatic rings. The number of piperidine rings is 1. The lowest BCUT2D eigenvalue weighted by Crippen LogP contribution is -2.45. The van der Waals surface area contributed by atoms with Crippen LogP contribution < -0.4 is 5.32 Å². The minimum atomic E-state index is 0.968. The number of nitrogens with zero attached hydrogens (tertiary/aromatic N) is 1. The van der Waals surface area contributed by atoms with E-state index in [0.717, 1.165) is 17.9 Å². The third kappa shape index (κ3) is 2.78. The van der Waals surface area contributed by atoms with Gasteiger partial charge in [0.15, 0.2) is 0 Å². The highest BCUT2D eigenvalue weighted by Crippen LogP contribution is 2.34. The van der Waals surface area contributed by atoms with Gasteiger partial charge in [0, 0.05) is 19.1 Å². The van der Waals surface area contributed by atoms with Crippen LogP contribution in [0.2, 0.25) is 0 Å². The predicted octanol–water partition coefficient (Wildman–Crippen LogP) is 2.25. The summed E-state index contributed by atoms with van der Waals surface area (Å²) in [5.41, 5.74) is 0. The summed E-state index contributed by atoms with van der Waals surface area (Å²) >= 11 is 0. The summed E-state index contributed by atoms with van der Waals surface area (Å²) in [5, 5.41) is 3.48. The number of hydrogen-bond donors (Lipinski definition) is 1. The first-order valence-electron chi connectivity index (χ1n) is 7.36. The van der Waals surface area contributed by atoms with Crippen molar-refractivity contribution in [3.63, 3.8) is 0 Å². The fourth-order valence-corrected chi connectivity index (χ4v) is 3.15. The van der Waals surface area contributed by atoms with Gasteiger partial charge < -0.3 is 5.32 Å². The van der Waals surface area contributed by atoms with Gasteiger partial charge in [0.05, 0.1) is 0 Å². The average Bonchev–Trinajstić information content (AvgIpc) is 3.00. The van der Waals surface area contributed by atoms with Gasteiger partial charge in [0.25, 0.3) is 0 Å². The van der Waals surface area contributed by atoms with Gasteiger partial charge >= 0.3 is 0 Å². The molecule has 3 rings (SSSR count). The highest BCUT2D eigenvalue weighted by Gasteiger charge is 2.32. The second-order valence-corrected chi connectivity index (χ2v) is 6.18. The summed E-state index contributed by atoms with van der Waals surface area (Å²) in [7, 11) is 0. The van der Waals surface area contributed by atoms with Crippen LogP contribution in [0.25, 0.3) is 0 Å². The topological polar surface area (TPSA) is 15.3 Å². The van der Waals surface area contributed by atoms with Crippen molar-refractivity contribution in [1.29, 1.82) is 0 Å². The average molecular weight is 222 g/mol. The molecule has 0 amide bonds. The normalized spacial score (nSPS) is 28.3. The van der Waals surface area contributed by atoms with Gasteiger partial charge in [-0.1, -0.05) is 6.42 Å². The van der Waals surface area contributed by atoms with Crippen LogP contribution in [0, 0.1) is 11.8 Å². The number of nitrogens with one attached hydrogen (secondary N) is 1. The molecule has 0 unspecified atom stereocenters. The van der Waals surface area contributed by atoms with Crippen LogP contribution in [0.4, 0.5) is 0 Å². The second-order valence-electron chi connectivity index (χ2n) is 6.18. The van der Waals surface area contributed by atoms with Gasteiger partial charge in [-0.3, -0.25) is 4.90 Å². The van der Waals surface area contributed by atoms with E-state index in [-0.39, 0.29) is 0 Å². The Hall–Kier alpha value is -0.0800. The van der Waals surface area contributed by atoms with Gasteiger partial charge in [0.2, 0.25) is 0 Å². The Morgan fingerprint density at radius 3 is 1.94 bits per heavy atom. The highest BCUT2D eigenvalue weighted by atomic mass is 15.2. The van der Waals surface area contributed by atoms with Gasteiger partial charge in [-0.05, 0) is 63.5 Å². The molecule has 0 aromatic rings. The quantitative estimate of drug-likeness (QED) is 0.767. The molecule has 1 saturated heterocycles. The zero-order valence-corrected chi connectivity index (χ0v) is 10.5. The van der Waals surface area contributed by atoms with Crippen molar-refractivity contribution < 1.29 is 0 Å². The summed E-state index contributed by atoms with van der Waals surface area (Å²) in [6.07, 6.45) is 10.3. The molecule has 0 spiro atoms. The van der Waals surface area contributed by atoms with Crippen LogP contribution >= 0.6 is 0 Å². The highest BCUT2D eigenvalue weighted by molar-refractivity contribution is 4.87.